The number of halogens is 1. The SMILES string of the molecule is CN1c2ccccc2Cc2c(O)cc(Br)cc2S1(=O)=O. The van der Waals surface area contributed by atoms with Gasteiger partial charge in [-0.1, -0.05) is 34.1 Å². The smallest absolute Gasteiger partial charge is 0.264 e. The van der Waals surface area contributed by atoms with E-state index in [9.17, 15) is 13.5 Å². The third-order valence-electron chi connectivity index (χ3n) is 3.49. The largest absolute Gasteiger partial charge is 0.508 e. The van der Waals surface area contributed by atoms with Crippen LogP contribution < -0.4 is 4.31 Å². The van der Waals surface area contributed by atoms with Crippen molar-refractivity contribution in [2.75, 3.05) is 11.4 Å². The van der Waals surface area contributed by atoms with Gasteiger partial charge in [-0.15, -0.1) is 0 Å². The van der Waals surface area contributed by atoms with E-state index in [0.29, 0.717) is 22.1 Å². The van der Waals surface area contributed by atoms with Crippen molar-refractivity contribution in [3.63, 3.8) is 0 Å². The lowest BCUT2D eigenvalue weighted by molar-refractivity contribution is 0.466. The van der Waals surface area contributed by atoms with E-state index >= 15 is 0 Å². The number of rotatable bonds is 0. The summed E-state index contributed by atoms with van der Waals surface area (Å²) in [5.41, 5.74) is 1.94. The number of nitrogens with zero attached hydrogens (tertiary/aromatic N) is 1. The number of para-hydroxylation sites is 1. The number of anilines is 1. The van der Waals surface area contributed by atoms with E-state index in [0.717, 1.165) is 5.56 Å². The van der Waals surface area contributed by atoms with Crippen LogP contribution in [0.2, 0.25) is 0 Å². The van der Waals surface area contributed by atoms with Gasteiger partial charge in [0.25, 0.3) is 10.0 Å². The summed E-state index contributed by atoms with van der Waals surface area (Å²) in [6, 6.07) is 10.4. The molecule has 0 fully saturated rings. The molecular weight excluding hydrogens is 342 g/mol. The van der Waals surface area contributed by atoms with Gasteiger partial charge in [0.1, 0.15) is 5.75 Å². The van der Waals surface area contributed by atoms with Crippen LogP contribution in [0.1, 0.15) is 11.1 Å². The van der Waals surface area contributed by atoms with E-state index in [-0.39, 0.29) is 10.6 Å². The maximum atomic E-state index is 12.7. The lowest BCUT2D eigenvalue weighted by Crippen LogP contribution is -2.26. The van der Waals surface area contributed by atoms with Gasteiger partial charge in [0.05, 0.1) is 10.6 Å². The number of phenolic OH excluding ortho intramolecular Hbond substituents is 1. The molecule has 1 N–H and O–H groups in total. The summed E-state index contributed by atoms with van der Waals surface area (Å²) < 4.78 is 27.2. The molecule has 104 valence electrons. The minimum Gasteiger partial charge on any atom is -0.508 e. The van der Waals surface area contributed by atoms with Gasteiger partial charge in [0, 0.05) is 23.5 Å². The van der Waals surface area contributed by atoms with E-state index < -0.39 is 10.0 Å². The Morgan fingerprint density at radius 3 is 2.70 bits per heavy atom. The molecule has 0 aliphatic carbocycles. The topological polar surface area (TPSA) is 57.6 Å². The zero-order chi connectivity index (χ0) is 14.5. The van der Waals surface area contributed by atoms with Crippen molar-refractivity contribution < 1.29 is 13.5 Å². The summed E-state index contributed by atoms with van der Waals surface area (Å²) in [6.07, 6.45) is 0.383. The monoisotopic (exact) mass is 353 g/mol. The Bertz CT molecular complexity index is 802. The Kier molecular flexibility index (Phi) is 3.02. The number of fused-ring (bicyclic) bond motifs is 2. The van der Waals surface area contributed by atoms with Crippen LogP contribution in [-0.2, 0) is 16.4 Å². The summed E-state index contributed by atoms with van der Waals surface area (Å²) in [5, 5.41) is 10.1. The van der Waals surface area contributed by atoms with E-state index in [2.05, 4.69) is 15.9 Å². The standard InChI is InChI=1S/C14H12BrNO3S/c1-16-12-5-3-2-4-9(12)6-11-13(17)7-10(15)8-14(11)20(16,18)19/h2-5,7-8,17H,6H2,1H3. The number of sulfonamides is 1. The third kappa shape index (κ3) is 1.91. The van der Waals surface area contributed by atoms with Gasteiger partial charge in [-0.2, -0.15) is 0 Å². The van der Waals surface area contributed by atoms with Crippen molar-refractivity contribution >= 4 is 31.6 Å². The van der Waals surface area contributed by atoms with Gasteiger partial charge < -0.3 is 5.11 Å². The van der Waals surface area contributed by atoms with Crippen LogP contribution >= 0.6 is 15.9 Å². The van der Waals surface area contributed by atoms with Gasteiger partial charge in [0.15, 0.2) is 0 Å². The summed E-state index contributed by atoms with van der Waals surface area (Å²) >= 11 is 3.23. The van der Waals surface area contributed by atoms with Crippen molar-refractivity contribution in [1.82, 2.24) is 0 Å². The number of phenols is 1. The Labute approximate surface area is 125 Å². The highest BCUT2D eigenvalue weighted by atomic mass is 79.9. The predicted molar refractivity (Wildman–Crippen MR) is 80.6 cm³/mol. The predicted octanol–water partition coefficient (Wildman–Crippen LogP) is 2.88. The molecule has 6 heteroatoms. The van der Waals surface area contributed by atoms with Crippen LogP contribution in [-0.4, -0.2) is 20.6 Å². The van der Waals surface area contributed by atoms with Crippen molar-refractivity contribution in [2.45, 2.75) is 11.3 Å². The molecule has 3 rings (SSSR count). The molecule has 2 aromatic rings. The zero-order valence-electron chi connectivity index (χ0n) is 10.7. The lowest BCUT2D eigenvalue weighted by atomic mass is 10.0. The first-order chi connectivity index (χ1) is 9.41. The molecule has 0 amide bonds. The normalized spacial score (nSPS) is 16.2. The Morgan fingerprint density at radius 2 is 1.95 bits per heavy atom. The summed E-state index contributed by atoms with van der Waals surface area (Å²) in [6.45, 7) is 0. The van der Waals surface area contributed by atoms with Gasteiger partial charge in [-0.25, -0.2) is 8.42 Å². The molecule has 1 heterocycles. The second-order valence-electron chi connectivity index (χ2n) is 4.68. The maximum Gasteiger partial charge on any atom is 0.264 e. The molecule has 0 unspecified atom stereocenters. The van der Waals surface area contributed by atoms with Crippen molar-refractivity contribution in [2.24, 2.45) is 0 Å². The van der Waals surface area contributed by atoms with Crippen LogP contribution in [0.5, 0.6) is 5.75 Å². The zero-order valence-corrected chi connectivity index (χ0v) is 13.1. The quantitative estimate of drug-likeness (QED) is 0.792. The fourth-order valence-electron chi connectivity index (χ4n) is 2.44. The number of aromatic hydroxyl groups is 1. The molecule has 20 heavy (non-hydrogen) atoms. The molecule has 0 saturated carbocycles. The molecular formula is C14H12BrNO3S. The summed E-state index contributed by atoms with van der Waals surface area (Å²) in [7, 11) is -2.14. The van der Waals surface area contributed by atoms with Gasteiger partial charge in [0.2, 0.25) is 0 Å². The van der Waals surface area contributed by atoms with Crippen molar-refractivity contribution in [3.8, 4) is 5.75 Å². The summed E-state index contributed by atoms with van der Waals surface area (Å²) in [4.78, 5) is 0.142. The molecule has 4 nitrogen and oxygen atoms in total. The fourth-order valence-corrected chi connectivity index (χ4v) is 4.53. The highest BCUT2D eigenvalue weighted by molar-refractivity contribution is 9.10. The molecule has 0 aromatic heterocycles. The molecule has 0 radical (unpaired) electrons. The van der Waals surface area contributed by atoms with Crippen LogP contribution in [0.4, 0.5) is 5.69 Å². The first-order valence-corrected chi connectivity index (χ1v) is 8.23. The Morgan fingerprint density at radius 1 is 1.25 bits per heavy atom. The Hall–Kier alpha value is -1.53. The molecule has 2 aromatic carbocycles. The summed E-state index contributed by atoms with van der Waals surface area (Å²) in [5.74, 6) is -0.0111. The lowest BCUT2D eigenvalue weighted by Gasteiger charge is -2.19. The minimum absolute atomic E-state index is 0.0111. The van der Waals surface area contributed by atoms with Gasteiger partial charge in [-0.05, 0) is 23.8 Å². The molecule has 0 saturated heterocycles. The maximum absolute atomic E-state index is 12.7. The number of benzene rings is 2. The minimum atomic E-state index is -3.67. The first kappa shape index (κ1) is 13.5. The molecule has 1 aliphatic rings. The molecule has 0 atom stereocenters. The van der Waals surface area contributed by atoms with E-state index in [1.165, 1.54) is 23.5 Å². The third-order valence-corrected chi connectivity index (χ3v) is 5.78. The average Bonchev–Trinajstić information content (AvgIpc) is 2.48. The first-order valence-electron chi connectivity index (χ1n) is 5.99. The van der Waals surface area contributed by atoms with Crippen LogP contribution in [0.3, 0.4) is 0 Å². The molecule has 1 aliphatic heterocycles. The number of hydrogen-bond acceptors (Lipinski definition) is 3. The molecule has 0 spiro atoms. The van der Waals surface area contributed by atoms with Crippen molar-refractivity contribution in [3.05, 3.63) is 52.0 Å². The highest BCUT2D eigenvalue weighted by Crippen LogP contribution is 2.39. The van der Waals surface area contributed by atoms with Gasteiger partial charge in [-0.3, -0.25) is 4.31 Å². The highest BCUT2D eigenvalue weighted by Gasteiger charge is 2.31. The van der Waals surface area contributed by atoms with Crippen LogP contribution in [0.25, 0.3) is 0 Å². The Balaban J connectivity index is 2.39. The van der Waals surface area contributed by atoms with E-state index in [1.54, 1.807) is 12.1 Å². The average molecular weight is 354 g/mol. The number of hydrogen-bond donors (Lipinski definition) is 1. The van der Waals surface area contributed by atoms with Crippen LogP contribution in [0, 0.1) is 0 Å². The molecule has 0 bridgehead atoms. The second-order valence-corrected chi connectivity index (χ2v) is 7.53. The van der Waals surface area contributed by atoms with E-state index in [4.69, 9.17) is 0 Å². The van der Waals surface area contributed by atoms with Crippen LogP contribution in [0.15, 0.2) is 45.8 Å². The van der Waals surface area contributed by atoms with Crippen molar-refractivity contribution in [1.29, 1.82) is 0 Å². The second kappa shape index (κ2) is 4.49. The van der Waals surface area contributed by atoms with Gasteiger partial charge >= 0.3 is 0 Å². The van der Waals surface area contributed by atoms with E-state index in [1.807, 2.05) is 12.1 Å². The fraction of sp³-hybridized carbons (Fsp3) is 0.143.